The van der Waals surface area contributed by atoms with Crippen molar-refractivity contribution >= 4 is 11.8 Å². The molecule has 1 aliphatic rings. The Kier molecular flexibility index (Phi) is 3.41. The second-order valence-corrected chi connectivity index (χ2v) is 4.89. The van der Waals surface area contributed by atoms with Gasteiger partial charge in [0, 0.05) is 6.20 Å². The van der Waals surface area contributed by atoms with Crippen LogP contribution in [-0.4, -0.2) is 35.0 Å². The number of aromatic nitrogens is 2. The summed E-state index contributed by atoms with van der Waals surface area (Å²) in [5.74, 6) is -0.437. The van der Waals surface area contributed by atoms with Crippen molar-refractivity contribution in [2.24, 2.45) is 0 Å². The fraction of sp³-hybridized carbons (Fsp3) is 0.600. The van der Waals surface area contributed by atoms with E-state index in [9.17, 15) is 13.2 Å². The van der Waals surface area contributed by atoms with E-state index in [-0.39, 0.29) is 18.4 Å². The fourth-order valence-electron chi connectivity index (χ4n) is 1.40. The zero-order valence-corrected chi connectivity index (χ0v) is 10.6. The van der Waals surface area contributed by atoms with Crippen molar-refractivity contribution < 1.29 is 22.6 Å². The lowest BCUT2D eigenvalue weighted by Gasteiger charge is -2.38. The van der Waals surface area contributed by atoms with E-state index in [1.54, 1.807) is 13.2 Å². The van der Waals surface area contributed by atoms with Crippen LogP contribution in [0.2, 0.25) is 0 Å². The molecule has 1 aromatic heterocycles. The molecule has 2 heterocycles. The van der Waals surface area contributed by atoms with Crippen LogP contribution in [-0.2, 0) is 10.9 Å². The number of halogens is 3. The molecule has 100 valence electrons. The minimum Gasteiger partial charge on any atom is -0.466 e. The first-order chi connectivity index (χ1) is 8.34. The van der Waals surface area contributed by atoms with Crippen molar-refractivity contribution in [1.82, 2.24) is 9.97 Å². The van der Waals surface area contributed by atoms with E-state index in [2.05, 4.69) is 9.97 Å². The summed E-state index contributed by atoms with van der Waals surface area (Å²) in [6.07, 6.45) is -2.11. The van der Waals surface area contributed by atoms with E-state index in [1.165, 1.54) is 0 Å². The Morgan fingerprint density at radius 2 is 2.11 bits per heavy atom. The van der Waals surface area contributed by atoms with E-state index in [4.69, 9.17) is 9.47 Å². The van der Waals surface area contributed by atoms with Gasteiger partial charge in [0.15, 0.2) is 10.8 Å². The van der Waals surface area contributed by atoms with Crippen LogP contribution >= 0.6 is 11.8 Å². The minimum atomic E-state index is -4.53. The summed E-state index contributed by atoms with van der Waals surface area (Å²) in [4.78, 5) is 7.40. The van der Waals surface area contributed by atoms with Gasteiger partial charge in [-0.15, -0.1) is 0 Å². The number of nitrogens with zero attached hydrogens (tertiary/aromatic N) is 2. The summed E-state index contributed by atoms with van der Waals surface area (Å²) in [7, 11) is 0. The van der Waals surface area contributed by atoms with Gasteiger partial charge < -0.3 is 9.47 Å². The summed E-state index contributed by atoms with van der Waals surface area (Å²) in [6.45, 7) is 2.18. The van der Waals surface area contributed by atoms with Gasteiger partial charge in [0.2, 0.25) is 5.88 Å². The number of alkyl halides is 3. The molecular weight excluding hydrogens is 269 g/mol. The summed E-state index contributed by atoms with van der Waals surface area (Å²) in [5.41, 5.74) is -1.71. The molecular formula is C10H11F3N2O2S. The zero-order chi connectivity index (χ0) is 13.4. The Hall–Kier alpha value is -1.02. The van der Waals surface area contributed by atoms with Gasteiger partial charge in [-0.25, -0.2) is 4.98 Å². The minimum absolute atomic E-state index is 0.238. The quantitative estimate of drug-likeness (QED) is 0.628. The van der Waals surface area contributed by atoms with Gasteiger partial charge >= 0.3 is 6.18 Å². The average Bonchev–Trinajstić information content (AvgIpc) is 2.25. The predicted octanol–water partition coefficient (Wildman–Crippen LogP) is 2.38. The van der Waals surface area contributed by atoms with Gasteiger partial charge in [0.05, 0.1) is 13.2 Å². The highest BCUT2D eigenvalue weighted by Crippen LogP contribution is 2.37. The molecule has 0 unspecified atom stereocenters. The van der Waals surface area contributed by atoms with Crippen LogP contribution in [0.15, 0.2) is 11.4 Å². The SMILES string of the molecule is CSc1ncc(C(F)(F)F)c(OC2(C)COC2)n1. The van der Waals surface area contributed by atoms with Gasteiger partial charge in [0.25, 0.3) is 0 Å². The molecule has 0 spiro atoms. The van der Waals surface area contributed by atoms with Gasteiger partial charge in [-0.1, -0.05) is 11.8 Å². The third-order valence-corrected chi connectivity index (χ3v) is 2.94. The van der Waals surface area contributed by atoms with Crippen LogP contribution in [0.25, 0.3) is 0 Å². The first-order valence-corrected chi connectivity index (χ1v) is 6.31. The van der Waals surface area contributed by atoms with Crippen LogP contribution in [0.1, 0.15) is 12.5 Å². The molecule has 2 rings (SSSR count). The molecule has 18 heavy (non-hydrogen) atoms. The molecule has 0 saturated carbocycles. The largest absolute Gasteiger partial charge is 0.466 e. The van der Waals surface area contributed by atoms with E-state index < -0.39 is 23.2 Å². The lowest BCUT2D eigenvalue weighted by molar-refractivity contribution is -0.162. The second kappa shape index (κ2) is 4.58. The fourth-order valence-corrected chi connectivity index (χ4v) is 1.74. The van der Waals surface area contributed by atoms with Gasteiger partial charge in [-0.2, -0.15) is 18.2 Å². The monoisotopic (exact) mass is 280 g/mol. The van der Waals surface area contributed by atoms with Crippen molar-refractivity contribution in [1.29, 1.82) is 0 Å². The summed E-state index contributed by atoms with van der Waals surface area (Å²) in [5, 5.41) is 0.238. The predicted molar refractivity (Wildman–Crippen MR) is 58.7 cm³/mol. The topological polar surface area (TPSA) is 44.2 Å². The standard InChI is InChI=1S/C10H11F3N2O2S/c1-9(4-16-5-9)17-7-6(10(11,12)13)3-14-8(15-7)18-2/h3H,4-5H2,1-2H3. The molecule has 8 heteroatoms. The Morgan fingerprint density at radius 3 is 2.56 bits per heavy atom. The van der Waals surface area contributed by atoms with Crippen LogP contribution in [0.4, 0.5) is 13.2 Å². The van der Waals surface area contributed by atoms with Crippen molar-refractivity contribution in [3.8, 4) is 5.88 Å². The zero-order valence-electron chi connectivity index (χ0n) is 9.74. The Morgan fingerprint density at radius 1 is 1.44 bits per heavy atom. The summed E-state index contributed by atoms with van der Waals surface area (Å²) >= 11 is 1.15. The van der Waals surface area contributed by atoms with E-state index in [0.29, 0.717) is 0 Å². The van der Waals surface area contributed by atoms with Gasteiger partial charge in [-0.05, 0) is 13.2 Å². The maximum Gasteiger partial charge on any atom is 0.423 e. The van der Waals surface area contributed by atoms with Crippen LogP contribution in [0.5, 0.6) is 5.88 Å². The molecule has 0 bridgehead atoms. The second-order valence-electron chi connectivity index (χ2n) is 4.12. The van der Waals surface area contributed by atoms with Crippen LogP contribution in [0, 0.1) is 0 Å². The van der Waals surface area contributed by atoms with E-state index in [0.717, 1.165) is 18.0 Å². The third-order valence-electron chi connectivity index (χ3n) is 2.38. The Labute approximate surface area is 106 Å². The Balaban J connectivity index is 2.35. The van der Waals surface area contributed by atoms with Crippen molar-refractivity contribution in [3.05, 3.63) is 11.8 Å². The molecule has 1 aliphatic heterocycles. The first-order valence-electron chi connectivity index (χ1n) is 5.09. The highest BCUT2D eigenvalue weighted by Gasteiger charge is 2.41. The van der Waals surface area contributed by atoms with Crippen molar-refractivity contribution in [2.75, 3.05) is 19.5 Å². The lowest BCUT2D eigenvalue weighted by Crippen LogP contribution is -2.52. The molecule has 0 N–H and O–H groups in total. The number of ether oxygens (including phenoxy) is 2. The van der Waals surface area contributed by atoms with Crippen LogP contribution in [0.3, 0.4) is 0 Å². The molecule has 0 atom stereocenters. The normalized spacial score (nSPS) is 18.3. The Bertz CT molecular complexity index is 449. The molecule has 1 saturated heterocycles. The van der Waals surface area contributed by atoms with E-state index >= 15 is 0 Å². The number of rotatable bonds is 3. The number of hydrogen-bond donors (Lipinski definition) is 0. The number of hydrogen-bond acceptors (Lipinski definition) is 5. The molecule has 1 fully saturated rings. The molecule has 0 aliphatic carbocycles. The molecule has 0 amide bonds. The first kappa shape index (κ1) is 13.4. The maximum atomic E-state index is 12.8. The average molecular weight is 280 g/mol. The highest BCUT2D eigenvalue weighted by molar-refractivity contribution is 7.98. The van der Waals surface area contributed by atoms with Gasteiger partial charge in [-0.3, -0.25) is 0 Å². The molecule has 0 aromatic carbocycles. The number of thioether (sulfide) groups is 1. The van der Waals surface area contributed by atoms with Crippen molar-refractivity contribution in [3.63, 3.8) is 0 Å². The summed E-state index contributed by atoms with van der Waals surface area (Å²) in [6, 6.07) is 0. The molecule has 1 aromatic rings. The maximum absolute atomic E-state index is 12.8. The van der Waals surface area contributed by atoms with Crippen LogP contribution < -0.4 is 4.74 Å². The lowest BCUT2D eigenvalue weighted by atomic mass is 10.1. The smallest absolute Gasteiger partial charge is 0.423 e. The van der Waals surface area contributed by atoms with E-state index in [1.807, 2.05) is 0 Å². The third kappa shape index (κ3) is 2.69. The summed E-state index contributed by atoms with van der Waals surface area (Å²) < 4.78 is 48.6. The van der Waals surface area contributed by atoms with Crippen molar-refractivity contribution in [2.45, 2.75) is 23.9 Å². The van der Waals surface area contributed by atoms with Gasteiger partial charge in [0.1, 0.15) is 5.56 Å². The molecule has 0 radical (unpaired) electrons. The molecule has 4 nitrogen and oxygen atoms in total. The highest BCUT2D eigenvalue weighted by atomic mass is 32.2.